The number of carbonyl (C=O) groups excluding carboxylic acids is 1. The minimum absolute atomic E-state index is 0.0892. The summed E-state index contributed by atoms with van der Waals surface area (Å²) in [6, 6.07) is 16.3. The van der Waals surface area contributed by atoms with Crippen LogP contribution in [0.5, 0.6) is 0 Å². The van der Waals surface area contributed by atoms with Crippen LogP contribution in [0, 0.1) is 6.92 Å². The lowest BCUT2D eigenvalue weighted by molar-refractivity contribution is 0.102. The van der Waals surface area contributed by atoms with E-state index in [1.807, 2.05) is 24.3 Å². The van der Waals surface area contributed by atoms with Crippen LogP contribution in [0.2, 0.25) is 0 Å². The molecule has 29 heavy (non-hydrogen) atoms. The monoisotopic (exact) mass is 415 g/mol. The molecule has 0 saturated carbocycles. The van der Waals surface area contributed by atoms with Gasteiger partial charge in [0.1, 0.15) is 16.2 Å². The Hall–Kier alpha value is -2.96. The van der Waals surface area contributed by atoms with Gasteiger partial charge in [0, 0.05) is 33.6 Å². The van der Waals surface area contributed by atoms with E-state index in [-0.39, 0.29) is 5.78 Å². The molecule has 5 rings (SSSR count). The fourth-order valence-electron chi connectivity index (χ4n) is 3.42. The molecular weight excluding hydrogens is 398 g/mol. The highest BCUT2D eigenvalue weighted by Gasteiger charge is 2.17. The molecule has 0 atom stereocenters. The molecule has 0 unspecified atom stereocenters. The number of nitrogens with one attached hydrogen (secondary N) is 1. The number of fused-ring (bicyclic) bond motifs is 2. The van der Waals surface area contributed by atoms with Crippen LogP contribution in [0.15, 0.2) is 71.5 Å². The van der Waals surface area contributed by atoms with Crippen molar-refractivity contribution in [2.75, 3.05) is 5.75 Å². The summed E-state index contributed by atoms with van der Waals surface area (Å²) in [5.41, 5.74) is 5.19. The Labute approximate surface area is 176 Å². The number of Topliss-reactive ketones (excluding diaryl/α,β-unsaturated/α-hetero) is 1. The number of aromatic nitrogens is 3. The first-order valence-corrected chi connectivity index (χ1v) is 11.1. The van der Waals surface area contributed by atoms with Crippen molar-refractivity contribution in [3.05, 3.63) is 77.6 Å². The third-order valence-electron chi connectivity index (χ3n) is 4.93. The second kappa shape index (κ2) is 7.46. The number of aromatic amines is 1. The molecule has 1 N–H and O–H groups in total. The molecular formula is C23H17N3OS2. The summed E-state index contributed by atoms with van der Waals surface area (Å²) in [5.74, 6) is 0.420. The maximum absolute atomic E-state index is 12.9. The van der Waals surface area contributed by atoms with E-state index in [1.165, 1.54) is 17.3 Å². The van der Waals surface area contributed by atoms with E-state index >= 15 is 0 Å². The fourth-order valence-corrected chi connectivity index (χ4v) is 5.29. The van der Waals surface area contributed by atoms with Gasteiger partial charge in [-0.05, 0) is 18.6 Å². The predicted molar refractivity (Wildman–Crippen MR) is 121 cm³/mol. The number of aryl methyl sites for hydroxylation is 1. The van der Waals surface area contributed by atoms with Crippen LogP contribution in [0.25, 0.3) is 32.2 Å². The third kappa shape index (κ3) is 3.34. The number of thiophene rings is 1. The van der Waals surface area contributed by atoms with E-state index in [9.17, 15) is 4.79 Å². The summed E-state index contributed by atoms with van der Waals surface area (Å²) in [6.45, 7) is 2.08. The van der Waals surface area contributed by atoms with Gasteiger partial charge in [-0.25, -0.2) is 9.97 Å². The smallest absolute Gasteiger partial charge is 0.175 e. The first kappa shape index (κ1) is 18.1. The lowest BCUT2D eigenvalue weighted by Crippen LogP contribution is -2.02. The lowest BCUT2D eigenvalue weighted by Gasteiger charge is -2.05. The molecule has 0 bridgehead atoms. The molecule has 0 aliphatic heterocycles. The van der Waals surface area contributed by atoms with Crippen molar-refractivity contribution in [1.29, 1.82) is 0 Å². The number of nitrogens with zero attached hydrogens (tertiary/aromatic N) is 2. The Morgan fingerprint density at radius 2 is 1.93 bits per heavy atom. The Bertz CT molecular complexity index is 1340. The summed E-state index contributed by atoms with van der Waals surface area (Å²) in [5, 5.41) is 4.95. The van der Waals surface area contributed by atoms with Crippen LogP contribution < -0.4 is 0 Å². The normalized spacial score (nSPS) is 11.3. The molecule has 4 nitrogen and oxygen atoms in total. The summed E-state index contributed by atoms with van der Waals surface area (Å²) >= 11 is 3.08. The van der Waals surface area contributed by atoms with Crippen molar-refractivity contribution in [3.63, 3.8) is 0 Å². The van der Waals surface area contributed by atoms with E-state index in [0.717, 1.165) is 42.8 Å². The zero-order chi connectivity index (χ0) is 19.8. The molecule has 2 aromatic carbocycles. The van der Waals surface area contributed by atoms with Gasteiger partial charge < -0.3 is 4.98 Å². The highest BCUT2D eigenvalue weighted by atomic mass is 32.2. The first-order chi connectivity index (χ1) is 14.2. The van der Waals surface area contributed by atoms with Crippen LogP contribution in [0.1, 0.15) is 15.9 Å². The number of H-pyrrole nitrogens is 1. The van der Waals surface area contributed by atoms with E-state index in [2.05, 4.69) is 51.5 Å². The van der Waals surface area contributed by atoms with Gasteiger partial charge in [0.2, 0.25) is 0 Å². The molecule has 0 fully saturated rings. The molecule has 3 aromatic heterocycles. The average molecular weight is 416 g/mol. The van der Waals surface area contributed by atoms with E-state index in [1.54, 1.807) is 23.9 Å². The number of rotatable bonds is 5. The Morgan fingerprint density at radius 3 is 2.79 bits per heavy atom. The second-order valence-corrected chi connectivity index (χ2v) is 8.66. The van der Waals surface area contributed by atoms with Crippen molar-refractivity contribution < 1.29 is 4.79 Å². The summed E-state index contributed by atoms with van der Waals surface area (Å²) in [7, 11) is 0. The number of ketones is 1. The Morgan fingerprint density at radius 1 is 1.10 bits per heavy atom. The first-order valence-electron chi connectivity index (χ1n) is 9.22. The molecule has 0 radical (unpaired) electrons. The molecule has 142 valence electrons. The Kier molecular flexibility index (Phi) is 4.66. The molecule has 0 aliphatic carbocycles. The number of thioether (sulfide) groups is 1. The SMILES string of the molecule is Cc1ccc(-c2csc3ncnc(SCC(=O)c4c[nH]c5ccccc45)c23)cc1. The van der Waals surface area contributed by atoms with Crippen LogP contribution in [0.3, 0.4) is 0 Å². The number of benzene rings is 2. The number of hydrogen-bond acceptors (Lipinski definition) is 5. The molecule has 3 heterocycles. The van der Waals surface area contributed by atoms with Crippen LogP contribution in [-0.4, -0.2) is 26.5 Å². The summed E-state index contributed by atoms with van der Waals surface area (Å²) < 4.78 is 0. The number of carbonyl (C=O) groups is 1. The molecule has 0 aliphatic rings. The summed E-state index contributed by atoms with van der Waals surface area (Å²) in [6.07, 6.45) is 3.38. The predicted octanol–water partition coefficient (Wildman–Crippen LogP) is 6.12. The van der Waals surface area contributed by atoms with E-state index in [4.69, 9.17) is 0 Å². The van der Waals surface area contributed by atoms with Crippen molar-refractivity contribution in [3.8, 4) is 11.1 Å². The van der Waals surface area contributed by atoms with Gasteiger partial charge in [-0.1, -0.05) is 59.8 Å². The number of para-hydroxylation sites is 1. The van der Waals surface area contributed by atoms with Gasteiger partial charge in [-0.2, -0.15) is 0 Å². The van der Waals surface area contributed by atoms with E-state index in [0.29, 0.717) is 5.75 Å². The maximum Gasteiger partial charge on any atom is 0.175 e. The topological polar surface area (TPSA) is 58.6 Å². The third-order valence-corrected chi connectivity index (χ3v) is 6.80. The van der Waals surface area contributed by atoms with Gasteiger partial charge in [0.05, 0.1) is 11.1 Å². The highest BCUT2D eigenvalue weighted by molar-refractivity contribution is 8.00. The van der Waals surface area contributed by atoms with Crippen molar-refractivity contribution in [1.82, 2.24) is 15.0 Å². The molecule has 5 aromatic rings. The van der Waals surface area contributed by atoms with Gasteiger partial charge in [-0.3, -0.25) is 4.79 Å². The van der Waals surface area contributed by atoms with Crippen LogP contribution in [0.4, 0.5) is 0 Å². The molecule has 0 amide bonds. The fraction of sp³-hybridized carbons (Fsp3) is 0.0870. The molecule has 6 heteroatoms. The van der Waals surface area contributed by atoms with Gasteiger partial charge >= 0.3 is 0 Å². The van der Waals surface area contributed by atoms with Crippen molar-refractivity contribution in [2.45, 2.75) is 11.9 Å². The largest absolute Gasteiger partial charge is 0.360 e. The second-order valence-electron chi connectivity index (χ2n) is 6.83. The van der Waals surface area contributed by atoms with Crippen molar-refractivity contribution >= 4 is 50.0 Å². The quantitative estimate of drug-likeness (QED) is 0.213. The zero-order valence-electron chi connectivity index (χ0n) is 15.7. The van der Waals surface area contributed by atoms with Gasteiger partial charge in [0.15, 0.2) is 5.78 Å². The lowest BCUT2D eigenvalue weighted by atomic mass is 10.1. The average Bonchev–Trinajstić information content (AvgIpc) is 3.37. The zero-order valence-corrected chi connectivity index (χ0v) is 17.3. The van der Waals surface area contributed by atoms with Gasteiger partial charge in [-0.15, -0.1) is 11.3 Å². The van der Waals surface area contributed by atoms with Gasteiger partial charge in [0.25, 0.3) is 0 Å². The molecule has 0 spiro atoms. The minimum atomic E-state index is 0.0892. The standard InChI is InChI=1S/C23H17N3OS2/c1-14-6-8-15(9-7-14)18-11-28-22-21(18)23(26-13-25-22)29-12-20(27)17-10-24-19-5-3-2-4-16(17)19/h2-11,13,24H,12H2,1H3. The van der Waals surface area contributed by atoms with Crippen molar-refractivity contribution in [2.24, 2.45) is 0 Å². The summed E-state index contributed by atoms with van der Waals surface area (Å²) in [4.78, 5) is 25.9. The molecule has 0 saturated heterocycles. The number of hydrogen-bond donors (Lipinski definition) is 1. The Balaban J connectivity index is 1.47. The van der Waals surface area contributed by atoms with Crippen LogP contribution in [-0.2, 0) is 0 Å². The van der Waals surface area contributed by atoms with E-state index < -0.39 is 0 Å². The highest BCUT2D eigenvalue weighted by Crippen LogP contribution is 2.38. The minimum Gasteiger partial charge on any atom is -0.360 e. The maximum atomic E-state index is 12.9. The van der Waals surface area contributed by atoms with Crippen LogP contribution >= 0.6 is 23.1 Å².